The summed E-state index contributed by atoms with van der Waals surface area (Å²) in [5.74, 6) is 1.89. The van der Waals surface area contributed by atoms with Crippen molar-refractivity contribution in [1.82, 2.24) is 29.4 Å². The van der Waals surface area contributed by atoms with Crippen LogP contribution in [0.1, 0.15) is 25.8 Å². The van der Waals surface area contributed by atoms with E-state index in [-0.39, 0.29) is 5.56 Å². The molecule has 0 radical (unpaired) electrons. The second-order valence-electron chi connectivity index (χ2n) is 9.56. The maximum Gasteiger partial charge on any atom is 0.291 e. The lowest BCUT2D eigenvalue weighted by molar-refractivity contribution is 0.289. The molecule has 0 fully saturated rings. The van der Waals surface area contributed by atoms with Crippen molar-refractivity contribution >= 4 is 22.4 Å². The zero-order valence-electron chi connectivity index (χ0n) is 21.6. The topological polar surface area (TPSA) is 87.2 Å². The molecule has 194 valence electrons. The maximum absolute atomic E-state index is 13.3. The van der Waals surface area contributed by atoms with Gasteiger partial charge in [-0.3, -0.25) is 9.78 Å². The molecule has 0 saturated heterocycles. The fourth-order valence-electron chi connectivity index (χ4n) is 4.14. The lowest BCUT2D eigenvalue weighted by atomic mass is 10.1. The third-order valence-corrected chi connectivity index (χ3v) is 7.20. The molecule has 0 unspecified atom stereocenters. The number of fused-ring (bicyclic) bond motifs is 1. The minimum absolute atomic E-state index is 0.218. The van der Waals surface area contributed by atoms with Crippen LogP contribution in [0.2, 0.25) is 0 Å². The molecule has 0 aliphatic rings. The van der Waals surface area contributed by atoms with Crippen LogP contribution in [0.5, 0.6) is 5.75 Å². The van der Waals surface area contributed by atoms with Crippen molar-refractivity contribution in [2.24, 2.45) is 5.92 Å². The monoisotopic (exact) mass is 534 g/mol. The number of benzene rings is 2. The molecule has 4 aromatic heterocycles. The van der Waals surface area contributed by atoms with Crippen LogP contribution in [0.3, 0.4) is 0 Å². The summed E-state index contributed by atoms with van der Waals surface area (Å²) >= 11 is 1.30. The molecule has 0 aliphatic heterocycles. The molecule has 0 spiro atoms. The number of nitrogens with zero attached hydrogens (tertiary/aromatic N) is 6. The van der Waals surface area contributed by atoms with Gasteiger partial charge in [0, 0.05) is 35.3 Å². The Kier molecular flexibility index (Phi) is 6.73. The summed E-state index contributed by atoms with van der Waals surface area (Å²) in [5, 5.41) is 9.32. The van der Waals surface area contributed by atoms with Crippen molar-refractivity contribution < 1.29 is 4.74 Å². The molecule has 0 saturated carbocycles. The van der Waals surface area contributed by atoms with Crippen LogP contribution in [0.25, 0.3) is 39.4 Å². The highest BCUT2D eigenvalue weighted by Crippen LogP contribution is 2.27. The van der Waals surface area contributed by atoms with Gasteiger partial charge in [0.05, 0.1) is 16.8 Å². The first-order valence-electron chi connectivity index (χ1n) is 12.8. The van der Waals surface area contributed by atoms with Crippen LogP contribution in [0, 0.1) is 5.92 Å². The van der Waals surface area contributed by atoms with Crippen LogP contribution in [-0.2, 0) is 0 Å². The van der Waals surface area contributed by atoms with Crippen LogP contribution in [0.4, 0.5) is 0 Å². The Balaban J connectivity index is 1.39. The Morgan fingerprint density at radius 2 is 1.79 bits per heavy atom. The van der Waals surface area contributed by atoms with Crippen molar-refractivity contribution in [2.45, 2.75) is 20.3 Å². The van der Waals surface area contributed by atoms with E-state index in [1.807, 2.05) is 83.7 Å². The first-order chi connectivity index (χ1) is 19.0. The van der Waals surface area contributed by atoms with Crippen molar-refractivity contribution in [3.8, 4) is 34.1 Å². The largest absolute Gasteiger partial charge is 0.494 e. The predicted octanol–water partition coefficient (Wildman–Crippen LogP) is 5.04. The Morgan fingerprint density at radius 3 is 2.51 bits per heavy atom. The number of rotatable bonds is 8. The Hall–Kier alpha value is -4.63. The normalized spacial score (nSPS) is 12.0. The van der Waals surface area contributed by atoms with E-state index in [1.165, 1.54) is 15.9 Å². The molecule has 0 atom stereocenters. The van der Waals surface area contributed by atoms with E-state index in [0.717, 1.165) is 40.2 Å². The van der Waals surface area contributed by atoms with E-state index in [4.69, 9.17) is 9.84 Å². The Morgan fingerprint density at radius 1 is 0.974 bits per heavy atom. The van der Waals surface area contributed by atoms with Crippen LogP contribution in [0.15, 0.2) is 90.1 Å². The molecule has 6 rings (SSSR count). The molecule has 0 amide bonds. The highest BCUT2D eigenvalue weighted by molar-refractivity contribution is 7.15. The van der Waals surface area contributed by atoms with Gasteiger partial charge in [-0.05, 0) is 66.9 Å². The summed E-state index contributed by atoms with van der Waals surface area (Å²) in [6, 6.07) is 21.5. The molecule has 0 aliphatic carbocycles. The molecule has 2 aromatic carbocycles. The van der Waals surface area contributed by atoms with Gasteiger partial charge in [-0.25, -0.2) is 4.68 Å². The number of thiazole rings is 1. The lowest BCUT2D eigenvalue weighted by Gasteiger charge is -2.08. The van der Waals surface area contributed by atoms with E-state index in [0.29, 0.717) is 27.8 Å². The molecule has 4 heterocycles. The minimum Gasteiger partial charge on any atom is -0.494 e. The van der Waals surface area contributed by atoms with E-state index >= 15 is 0 Å². The van der Waals surface area contributed by atoms with Gasteiger partial charge in [0.25, 0.3) is 5.56 Å². The van der Waals surface area contributed by atoms with Crippen LogP contribution in [-0.4, -0.2) is 36.0 Å². The number of pyridine rings is 1. The molecule has 6 aromatic rings. The maximum atomic E-state index is 13.3. The Bertz CT molecular complexity index is 1820. The molecule has 39 heavy (non-hydrogen) atoms. The molecule has 8 nitrogen and oxygen atoms in total. The number of ether oxygens (including phenoxy) is 1. The SMILES string of the molecule is CC(C)CCOc1ccc(-c2nn(-c3ccccc3)cc2C=c2sc3nc(-c4cccnc4)nn3c2=O)cc1. The molecule has 9 heteroatoms. The summed E-state index contributed by atoms with van der Waals surface area (Å²) in [6.45, 7) is 5.05. The van der Waals surface area contributed by atoms with Crippen molar-refractivity contribution in [3.63, 3.8) is 0 Å². The fraction of sp³-hybridized carbons (Fsp3) is 0.167. The third kappa shape index (κ3) is 5.21. The quantitative estimate of drug-likeness (QED) is 0.272. The van der Waals surface area contributed by atoms with Gasteiger partial charge in [-0.2, -0.15) is 14.6 Å². The van der Waals surface area contributed by atoms with Crippen molar-refractivity contribution in [1.29, 1.82) is 0 Å². The first kappa shape index (κ1) is 24.7. The highest BCUT2D eigenvalue weighted by Gasteiger charge is 2.15. The third-order valence-electron chi connectivity index (χ3n) is 6.24. The van der Waals surface area contributed by atoms with Crippen molar-refractivity contribution in [2.75, 3.05) is 6.61 Å². The van der Waals surface area contributed by atoms with Crippen molar-refractivity contribution in [3.05, 3.63) is 106 Å². The average Bonchev–Trinajstić information content (AvgIpc) is 3.65. The van der Waals surface area contributed by atoms with Crippen LogP contribution < -0.4 is 14.8 Å². The van der Waals surface area contributed by atoms with E-state index in [1.54, 1.807) is 12.4 Å². The number of aromatic nitrogens is 6. The number of hydrogen-bond acceptors (Lipinski definition) is 7. The Labute approximate surface area is 228 Å². The fourth-order valence-corrected chi connectivity index (χ4v) is 5.04. The second kappa shape index (κ2) is 10.6. The second-order valence-corrected chi connectivity index (χ2v) is 10.6. The van der Waals surface area contributed by atoms with Gasteiger partial charge in [0.2, 0.25) is 4.96 Å². The summed E-state index contributed by atoms with van der Waals surface area (Å²) < 4.78 is 9.61. The minimum atomic E-state index is -0.218. The first-order valence-corrected chi connectivity index (χ1v) is 13.6. The van der Waals surface area contributed by atoms with Gasteiger partial charge in [0.15, 0.2) is 5.82 Å². The van der Waals surface area contributed by atoms with Gasteiger partial charge in [-0.1, -0.05) is 43.4 Å². The summed E-state index contributed by atoms with van der Waals surface area (Å²) in [4.78, 5) is 22.5. The summed E-state index contributed by atoms with van der Waals surface area (Å²) in [5.41, 5.74) is 3.99. The standard InChI is InChI=1S/C30H26N6O2S/c1-20(2)14-16-38-25-12-10-21(11-13-25)27-23(19-35(33-27)24-8-4-3-5-9-24)17-26-29(37)36-30(39-26)32-28(34-36)22-7-6-15-31-18-22/h3-13,15,17-20H,14,16H2,1-2H3. The molecular weight excluding hydrogens is 508 g/mol. The van der Waals surface area contributed by atoms with E-state index in [2.05, 4.69) is 28.9 Å². The van der Waals surface area contributed by atoms with E-state index in [9.17, 15) is 4.79 Å². The molecule has 0 N–H and O–H groups in total. The highest BCUT2D eigenvalue weighted by atomic mass is 32.1. The predicted molar refractivity (Wildman–Crippen MR) is 153 cm³/mol. The lowest BCUT2D eigenvalue weighted by Crippen LogP contribution is -2.23. The molecular formula is C30H26N6O2S. The number of hydrogen-bond donors (Lipinski definition) is 0. The van der Waals surface area contributed by atoms with Crippen LogP contribution >= 0.6 is 11.3 Å². The summed E-state index contributed by atoms with van der Waals surface area (Å²) in [6.07, 6.45) is 8.18. The van der Waals surface area contributed by atoms with Gasteiger partial charge in [-0.15, -0.1) is 5.10 Å². The van der Waals surface area contributed by atoms with E-state index < -0.39 is 0 Å². The number of para-hydroxylation sites is 1. The van der Waals surface area contributed by atoms with Gasteiger partial charge >= 0.3 is 0 Å². The molecule has 0 bridgehead atoms. The van der Waals surface area contributed by atoms with Gasteiger partial charge < -0.3 is 4.74 Å². The van der Waals surface area contributed by atoms with Gasteiger partial charge in [0.1, 0.15) is 11.4 Å². The zero-order valence-corrected chi connectivity index (χ0v) is 22.4. The zero-order chi connectivity index (χ0) is 26.8. The summed E-state index contributed by atoms with van der Waals surface area (Å²) in [7, 11) is 0. The average molecular weight is 535 g/mol. The smallest absolute Gasteiger partial charge is 0.291 e.